The van der Waals surface area contributed by atoms with Crippen molar-refractivity contribution < 1.29 is 0 Å². The number of anilines is 1. The quantitative estimate of drug-likeness (QED) is 0.693. The van der Waals surface area contributed by atoms with E-state index in [0.29, 0.717) is 6.17 Å². The minimum Gasteiger partial charge on any atom is -0.346 e. The van der Waals surface area contributed by atoms with E-state index < -0.39 is 0 Å². The van der Waals surface area contributed by atoms with Gasteiger partial charge in [-0.3, -0.25) is 0 Å². The van der Waals surface area contributed by atoms with E-state index >= 15 is 0 Å². The molecule has 2 nitrogen and oxygen atoms in total. The van der Waals surface area contributed by atoms with Crippen molar-refractivity contribution in [3.05, 3.63) is 66.0 Å². The Bertz CT molecular complexity index is 879. The Morgan fingerprint density at radius 2 is 1.67 bits per heavy atom. The molecule has 0 aromatic heterocycles. The largest absolute Gasteiger partial charge is 0.346 e. The molecule has 0 radical (unpaired) electrons. The van der Waals surface area contributed by atoms with Crippen LogP contribution in [-0.2, 0) is 5.41 Å². The fourth-order valence-electron chi connectivity index (χ4n) is 5.15. The predicted octanol–water partition coefficient (Wildman–Crippen LogP) is 5.42. The molecule has 0 bridgehead atoms. The number of fused-ring (bicyclic) bond motifs is 3. The topological polar surface area (TPSA) is 6.48 Å². The maximum absolute atomic E-state index is 2.61. The molecule has 0 amide bonds. The van der Waals surface area contributed by atoms with Crippen LogP contribution in [0.1, 0.15) is 51.4 Å². The summed E-state index contributed by atoms with van der Waals surface area (Å²) in [5, 5.41) is 0. The molecular weight excluding hydrogens is 292 g/mol. The molecule has 3 aliphatic rings. The molecule has 2 unspecified atom stereocenters. The molecular formula is C22H24N2. The average Bonchev–Trinajstić information content (AvgIpc) is 3.05. The molecule has 24 heavy (non-hydrogen) atoms. The molecule has 2 aromatic carbocycles. The zero-order valence-corrected chi connectivity index (χ0v) is 14.9. The van der Waals surface area contributed by atoms with Gasteiger partial charge in [0.05, 0.1) is 5.69 Å². The Morgan fingerprint density at radius 1 is 0.917 bits per heavy atom. The summed E-state index contributed by atoms with van der Waals surface area (Å²) in [6.45, 7) is 9.58. The van der Waals surface area contributed by atoms with Crippen LogP contribution in [0.5, 0.6) is 0 Å². The van der Waals surface area contributed by atoms with Gasteiger partial charge in [0.2, 0.25) is 0 Å². The third kappa shape index (κ3) is 1.35. The van der Waals surface area contributed by atoms with E-state index in [1.54, 1.807) is 0 Å². The van der Waals surface area contributed by atoms with Gasteiger partial charge in [0.1, 0.15) is 6.17 Å². The zero-order chi connectivity index (χ0) is 16.7. The molecule has 2 aromatic rings. The third-order valence-corrected chi connectivity index (χ3v) is 7.03. The summed E-state index contributed by atoms with van der Waals surface area (Å²) in [6, 6.07) is 15.7. The lowest BCUT2D eigenvalue weighted by Gasteiger charge is -2.59. The number of para-hydroxylation sites is 1. The molecule has 2 atom stereocenters. The van der Waals surface area contributed by atoms with Gasteiger partial charge < -0.3 is 9.80 Å². The van der Waals surface area contributed by atoms with Crippen LogP contribution in [0, 0.1) is 0 Å². The minimum absolute atomic E-state index is 0.0935. The maximum Gasteiger partial charge on any atom is 0.133 e. The molecule has 0 aliphatic carbocycles. The Labute approximate surface area is 144 Å². The average molecular weight is 316 g/mol. The van der Waals surface area contributed by atoms with Crippen LogP contribution in [0.25, 0.3) is 11.1 Å². The number of hydrogen-bond acceptors (Lipinski definition) is 2. The first-order valence-corrected chi connectivity index (χ1v) is 8.98. The van der Waals surface area contributed by atoms with Crippen LogP contribution in [0.15, 0.2) is 54.9 Å². The second-order valence-electron chi connectivity index (χ2n) is 8.02. The van der Waals surface area contributed by atoms with Gasteiger partial charge in [0.25, 0.3) is 0 Å². The van der Waals surface area contributed by atoms with Gasteiger partial charge in [-0.05, 0) is 30.5 Å². The van der Waals surface area contributed by atoms with Gasteiger partial charge in [0, 0.05) is 34.5 Å². The smallest absolute Gasteiger partial charge is 0.133 e. The molecule has 0 N–H and O–H groups in total. The predicted molar refractivity (Wildman–Crippen MR) is 99.8 cm³/mol. The molecule has 5 rings (SSSR count). The van der Waals surface area contributed by atoms with Gasteiger partial charge in [-0.15, -0.1) is 0 Å². The molecule has 0 saturated carbocycles. The highest BCUT2D eigenvalue weighted by Crippen LogP contribution is 2.59. The third-order valence-electron chi connectivity index (χ3n) is 7.03. The normalized spacial score (nSPS) is 27.9. The van der Waals surface area contributed by atoms with Gasteiger partial charge in [-0.25, -0.2) is 0 Å². The molecule has 2 heteroatoms. The Hall–Kier alpha value is -2.22. The monoisotopic (exact) mass is 316 g/mol. The first kappa shape index (κ1) is 14.2. The highest BCUT2D eigenvalue weighted by atomic mass is 15.4. The van der Waals surface area contributed by atoms with Crippen molar-refractivity contribution in [2.75, 3.05) is 4.90 Å². The van der Waals surface area contributed by atoms with Crippen molar-refractivity contribution in [2.45, 2.75) is 51.2 Å². The van der Waals surface area contributed by atoms with Crippen LogP contribution in [-0.4, -0.2) is 10.4 Å². The molecule has 3 heterocycles. The second kappa shape index (κ2) is 4.24. The molecule has 0 fully saturated rings. The summed E-state index contributed by atoms with van der Waals surface area (Å²) in [7, 11) is 0. The minimum atomic E-state index is 0.0935. The van der Waals surface area contributed by atoms with Gasteiger partial charge >= 0.3 is 0 Å². The van der Waals surface area contributed by atoms with Crippen LogP contribution >= 0.6 is 0 Å². The summed E-state index contributed by atoms with van der Waals surface area (Å²) < 4.78 is 0. The highest BCUT2D eigenvalue weighted by molar-refractivity contribution is 5.87. The van der Waals surface area contributed by atoms with E-state index in [-0.39, 0.29) is 11.0 Å². The standard InChI is InChI=1S/C22H24N2/c1-5-22(4)21(2,3)17-11-8-10-16-15-9-6-7-12-18(15)23-13-14-24(22)20(23)19(16)17/h6-14,20H,5H2,1-4H3. The summed E-state index contributed by atoms with van der Waals surface area (Å²) in [5.41, 5.74) is 7.28. The van der Waals surface area contributed by atoms with E-state index in [1.165, 1.54) is 27.9 Å². The maximum atomic E-state index is 2.61. The SMILES string of the molecule is CCC1(C)N2C=CN3c4ccccc4-c4cccc(c4C32)C1(C)C. The van der Waals surface area contributed by atoms with Crippen LogP contribution < -0.4 is 4.90 Å². The lowest BCUT2D eigenvalue weighted by atomic mass is 9.61. The number of rotatable bonds is 1. The number of hydrogen-bond donors (Lipinski definition) is 0. The van der Waals surface area contributed by atoms with E-state index in [9.17, 15) is 0 Å². The van der Waals surface area contributed by atoms with Crippen LogP contribution in [0.2, 0.25) is 0 Å². The van der Waals surface area contributed by atoms with Gasteiger partial charge in [0.15, 0.2) is 0 Å². The van der Waals surface area contributed by atoms with Crippen molar-refractivity contribution in [2.24, 2.45) is 0 Å². The molecule has 0 spiro atoms. The van der Waals surface area contributed by atoms with E-state index in [4.69, 9.17) is 0 Å². The van der Waals surface area contributed by atoms with Crippen LogP contribution in [0.4, 0.5) is 5.69 Å². The van der Waals surface area contributed by atoms with Crippen molar-refractivity contribution >= 4 is 5.69 Å². The summed E-state index contributed by atoms with van der Waals surface area (Å²) >= 11 is 0. The molecule has 122 valence electrons. The molecule has 3 aliphatic heterocycles. The Morgan fingerprint density at radius 3 is 2.46 bits per heavy atom. The summed E-state index contributed by atoms with van der Waals surface area (Å²) in [4.78, 5) is 5.07. The first-order valence-electron chi connectivity index (χ1n) is 8.98. The van der Waals surface area contributed by atoms with Crippen molar-refractivity contribution in [1.82, 2.24) is 4.90 Å². The number of nitrogens with zero attached hydrogens (tertiary/aromatic N) is 2. The van der Waals surface area contributed by atoms with E-state index in [0.717, 1.165) is 6.42 Å². The van der Waals surface area contributed by atoms with E-state index in [2.05, 4.69) is 92.4 Å². The number of benzene rings is 2. The molecule has 0 saturated heterocycles. The van der Waals surface area contributed by atoms with E-state index in [1.807, 2.05) is 0 Å². The fraction of sp³-hybridized carbons (Fsp3) is 0.364. The second-order valence-corrected chi connectivity index (χ2v) is 8.02. The lowest BCUT2D eigenvalue weighted by Crippen LogP contribution is -2.61. The Kier molecular flexibility index (Phi) is 2.50. The highest BCUT2D eigenvalue weighted by Gasteiger charge is 2.56. The summed E-state index contributed by atoms with van der Waals surface area (Å²) in [5.74, 6) is 0. The van der Waals surface area contributed by atoms with Crippen LogP contribution in [0.3, 0.4) is 0 Å². The van der Waals surface area contributed by atoms with Gasteiger partial charge in [-0.1, -0.05) is 57.2 Å². The fourth-order valence-corrected chi connectivity index (χ4v) is 5.15. The summed E-state index contributed by atoms with van der Waals surface area (Å²) in [6.07, 6.45) is 6.01. The van der Waals surface area contributed by atoms with Crippen molar-refractivity contribution in [1.29, 1.82) is 0 Å². The van der Waals surface area contributed by atoms with Crippen molar-refractivity contribution in [3.8, 4) is 11.1 Å². The lowest BCUT2D eigenvalue weighted by molar-refractivity contribution is 0.0332. The van der Waals surface area contributed by atoms with Gasteiger partial charge in [-0.2, -0.15) is 0 Å². The zero-order valence-electron chi connectivity index (χ0n) is 14.9. The Balaban J connectivity index is 1.91. The first-order chi connectivity index (χ1) is 11.5. The van der Waals surface area contributed by atoms with Crippen molar-refractivity contribution in [3.63, 3.8) is 0 Å².